The molecule has 8 heteroatoms. The number of nitrogens with zero attached hydrogens (tertiary/aromatic N) is 3. The van der Waals surface area contributed by atoms with E-state index in [0.717, 1.165) is 25.1 Å². The topological polar surface area (TPSA) is 111 Å². The molecule has 0 aliphatic heterocycles. The Labute approximate surface area is 96.0 Å². The Morgan fingerprint density at radius 1 is 1.35 bits per heavy atom. The Hall–Kier alpha value is -2.25. The van der Waals surface area contributed by atoms with Crippen molar-refractivity contribution in [2.75, 3.05) is 11.9 Å². The molecular formula is C9H10N4O4. The summed E-state index contributed by atoms with van der Waals surface area (Å²) in [4.78, 5) is 23.6. The summed E-state index contributed by atoms with van der Waals surface area (Å²) in [6.07, 6.45) is 3.23. The number of hydrogen-bond acceptors (Lipinski definition) is 6. The van der Waals surface area contributed by atoms with E-state index in [2.05, 4.69) is 10.3 Å². The van der Waals surface area contributed by atoms with Crippen molar-refractivity contribution in [3.63, 3.8) is 0 Å². The van der Waals surface area contributed by atoms with Crippen LogP contribution in [0.4, 0.5) is 17.2 Å². The minimum absolute atomic E-state index is 0.0903. The average Bonchev–Trinajstić information content (AvgIpc) is 3.09. The summed E-state index contributed by atoms with van der Waals surface area (Å²) in [5, 5.41) is 24.1. The smallest absolute Gasteiger partial charge is 0.318 e. The first-order chi connectivity index (χ1) is 8.08. The molecule has 90 valence electrons. The van der Waals surface area contributed by atoms with Crippen LogP contribution >= 0.6 is 0 Å². The van der Waals surface area contributed by atoms with Crippen LogP contribution in [0.2, 0.25) is 0 Å². The van der Waals surface area contributed by atoms with E-state index in [-0.39, 0.29) is 17.2 Å². The van der Waals surface area contributed by atoms with Crippen LogP contribution in [0.3, 0.4) is 0 Å². The van der Waals surface area contributed by atoms with Crippen molar-refractivity contribution in [1.29, 1.82) is 0 Å². The van der Waals surface area contributed by atoms with Crippen LogP contribution in [-0.2, 0) is 0 Å². The van der Waals surface area contributed by atoms with Gasteiger partial charge in [0, 0.05) is 6.54 Å². The van der Waals surface area contributed by atoms with Crippen LogP contribution in [0.1, 0.15) is 12.8 Å². The SMILES string of the molecule is O=[N+]([O-])c1cnc(NCC2CC2)c([N+](=O)[O-])c1. The number of nitrogens with one attached hydrogen (secondary N) is 1. The van der Waals surface area contributed by atoms with Crippen LogP contribution < -0.4 is 5.32 Å². The Morgan fingerprint density at radius 3 is 2.59 bits per heavy atom. The molecule has 0 amide bonds. The summed E-state index contributed by atoms with van der Waals surface area (Å²) in [5.74, 6) is 0.624. The summed E-state index contributed by atoms with van der Waals surface area (Å²) in [7, 11) is 0. The molecule has 0 saturated heterocycles. The minimum Gasteiger partial charge on any atom is -0.364 e. The summed E-state index contributed by atoms with van der Waals surface area (Å²) < 4.78 is 0. The monoisotopic (exact) mass is 238 g/mol. The maximum absolute atomic E-state index is 10.8. The van der Waals surface area contributed by atoms with Crippen molar-refractivity contribution in [3.05, 3.63) is 32.5 Å². The first kappa shape index (κ1) is 11.2. The van der Waals surface area contributed by atoms with Gasteiger partial charge in [0.25, 0.3) is 5.69 Å². The van der Waals surface area contributed by atoms with Gasteiger partial charge >= 0.3 is 5.69 Å². The lowest BCUT2D eigenvalue weighted by Gasteiger charge is -2.04. The van der Waals surface area contributed by atoms with Gasteiger partial charge in [-0.15, -0.1) is 0 Å². The molecule has 1 aliphatic rings. The lowest BCUT2D eigenvalue weighted by Crippen LogP contribution is -2.08. The molecule has 0 atom stereocenters. The van der Waals surface area contributed by atoms with Crippen molar-refractivity contribution in [2.45, 2.75) is 12.8 Å². The van der Waals surface area contributed by atoms with Gasteiger partial charge in [0.15, 0.2) is 0 Å². The standard InChI is InChI=1S/C9H10N4O4/c14-12(15)7-3-8(13(16)17)9(11-5-7)10-4-6-1-2-6/h3,5-6H,1-2,4H2,(H,10,11). The summed E-state index contributed by atoms with van der Waals surface area (Å²) in [6.45, 7) is 0.617. The Kier molecular flexibility index (Phi) is 2.86. The molecule has 1 aromatic heterocycles. The zero-order valence-corrected chi connectivity index (χ0v) is 8.83. The Bertz CT molecular complexity index is 472. The summed E-state index contributed by atoms with van der Waals surface area (Å²) in [5.41, 5.74) is -0.742. The van der Waals surface area contributed by atoms with Crippen molar-refractivity contribution >= 4 is 17.2 Å². The van der Waals surface area contributed by atoms with E-state index >= 15 is 0 Å². The highest BCUT2D eigenvalue weighted by Gasteiger charge is 2.24. The van der Waals surface area contributed by atoms with Gasteiger partial charge in [-0.2, -0.15) is 0 Å². The second-order valence-corrected chi connectivity index (χ2v) is 3.90. The summed E-state index contributed by atoms with van der Waals surface area (Å²) in [6, 6.07) is 0.919. The van der Waals surface area contributed by atoms with Gasteiger partial charge in [0.05, 0.1) is 15.9 Å². The third-order valence-electron chi connectivity index (χ3n) is 2.52. The van der Waals surface area contributed by atoms with E-state index in [1.165, 1.54) is 0 Å². The predicted molar refractivity (Wildman–Crippen MR) is 58.8 cm³/mol. The number of hydrogen-bond donors (Lipinski definition) is 1. The number of aromatic nitrogens is 1. The molecule has 1 N–H and O–H groups in total. The van der Waals surface area contributed by atoms with E-state index in [1.54, 1.807) is 0 Å². The van der Waals surface area contributed by atoms with Crippen LogP contribution in [0.5, 0.6) is 0 Å². The van der Waals surface area contributed by atoms with Crippen molar-refractivity contribution in [1.82, 2.24) is 4.98 Å². The lowest BCUT2D eigenvalue weighted by atomic mass is 10.3. The van der Waals surface area contributed by atoms with Gasteiger partial charge in [0.1, 0.15) is 6.20 Å². The van der Waals surface area contributed by atoms with E-state index in [9.17, 15) is 20.2 Å². The van der Waals surface area contributed by atoms with Crippen LogP contribution in [-0.4, -0.2) is 21.4 Å². The molecule has 1 heterocycles. The lowest BCUT2D eigenvalue weighted by molar-refractivity contribution is -0.394. The normalized spacial score (nSPS) is 14.4. The zero-order valence-electron chi connectivity index (χ0n) is 8.83. The first-order valence-electron chi connectivity index (χ1n) is 5.10. The molecule has 0 bridgehead atoms. The Morgan fingerprint density at radius 2 is 2.06 bits per heavy atom. The highest BCUT2D eigenvalue weighted by molar-refractivity contribution is 5.59. The fraction of sp³-hybridized carbons (Fsp3) is 0.444. The molecular weight excluding hydrogens is 228 g/mol. The number of rotatable bonds is 5. The maximum atomic E-state index is 10.8. The van der Waals surface area contributed by atoms with Gasteiger partial charge in [-0.05, 0) is 18.8 Å². The molecule has 0 spiro atoms. The van der Waals surface area contributed by atoms with E-state index in [0.29, 0.717) is 12.5 Å². The van der Waals surface area contributed by atoms with Gasteiger partial charge in [-0.25, -0.2) is 4.98 Å². The molecule has 2 rings (SSSR count). The van der Waals surface area contributed by atoms with Crippen LogP contribution in [0, 0.1) is 26.1 Å². The minimum atomic E-state index is -0.704. The average molecular weight is 238 g/mol. The summed E-state index contributed by atoms with van der Waals surface area (Å²) >= 11 is 0. The Balaban J connectivity index is 2.23. The second-order valence-electron chi connectivity index (χ2n) is 3.90. The van der Waals surface area contributed by atoms with Crippen LogP contribution in [0.15, 0.2) is 12.3 Å². The molecule has 1 aliphatic carbocycles. The van der Waals surface area contributed by atoms with Crippen molar-refractivity contribution in [3.8, 4) is 0 Å². The van der Waals surface area contributed by atoms with Gasteiger partial charge in [-0.3, -0.25) is 20.2 Å². The first-order valence-corrected chi connectivity index (χ1v) is 5.10. The molecule has 17 heavy (non-hydrogen) atoms. The van der Waals surface area contributed by atoms with Crippen molar-refractivity contribution in [2.24, 2.45) is 5.92 Å². The van der Waals surface area contributed by atoms with Gasteiger partial charge in [0.2, 0.25) is 5.82 Å². The highest BCUT2D eigenvalue weighted by atomic mass is 16.6. The number of nitro groups is 2. The molecule has 8 nitrogen and oxygen atoms in total. The number of anilines is 1. The maximum Gasteiger partial charge on any atom is 0.318 e. The van der Waals surface area contributed by atoms with E-state index < -0.39 is 9.85 Å². The van der Waals surface area contributed by atoms with E-state index in [4.69, 9.17) is 0 Å². The van der Waals surface area contributed by atoms with Crippen LogP contribution in [0.25, 0.3) is 0 Å². The number of pyridine rings is 1. The molecule has 1 aromatic rings. The largest absolute Gasteiger partial charge is 0.364 e. The fourth-order valence-corrected chi connectivity index (χ4v) is 1.38. The van der Waals surface area contributed by atoms with Crippen molar-refractivity contribution < 1.29 is 9.85 Å². The molecule has 0 unspecified atom stereocenters. The van der Waals surface area contributed by atoms with Gasteiger partial charge in [-0.1, -0.05) is 0 Å². The van der Waals surface area contributed by atoms with E-state index in [1.807, 2.05) is 0 Å². The highest BCUT2D eigenvalue weighted by Crippen LogP contribution is 2.31. The predicted octanol–water partition coefficient (Wildman–Crippen LogP) is 1.72. The molecule has 0 aromatic carbocycles. The molecule has 1 saturated carbocycles. The quantitative estimate of drug-likeness (QED) is 0.617. The van der Waals surface area contributed by atoms with Gasteiger partial charge < -0.3 is 5.32 Å². The molecule has 1 fully saturated rings. The molecule has 0 radical (unpaired) electrons. The second kappa shape index (κ2) is 4.32. The zero-order chi connectivity index (χ0) is 12.4. The fourth-order valence-electron chi connectivity index (χ4n) is 1.38. The third kappa shape index (κ3) is 2.65. The third-order valence-corrected chi connectivity index (χ3v) is 2.52.